The fourth-order valence-corrected chi connectivity index (χ4v) is 1.42. The highest BCUT2D eigenvalue weighted by Crippen LogP contribution is 2.31. The second-order valence-electron chi connectivity index (χ2n) is 4.04. The standard InChI is InChI=1S/C10H13NO3/c1-6(2)8-5-9(12)14-11(8)10(13)7-3-4-7/h5-7H,3-4H2,1-2H3. The Hall–Kier alpha value is -1.32. The second-order valence-corrected chi connectivity index (χ2v) is 4.04. The minimum Gasteiger partial charge on any atom is -0.329 e. The Kier molecular flexibility index (Phi) is 2.06. The second kappa shape index (κ2) is 3.12. The fraction of sp³-hybridized carbons (Fsp3) is 0.600. The molecule has 1 heterocycles. The molecule has 0 radical (unpaired) electrons. The van der Waals surface area contributed by atoms with Gasteiger partial charge in [0, 0.05) is 12.0 Å². The monoisotopic (exact) mass is 195 g/mol. The van der Waals surface area contributed by atoms with Crippen molar-refractivity contribution in [2.24, 2.45) is 5.92 Å². The summed E-state index contributed by atoms with van der Waals surface area (Å²) in [5.74, 6) is 0.128. The van der Waals surface area contributed by atoms with Crippen LogP contribution in [-0.2, 0) is 0 Å². The molecular formula is C10H13NO3. The van der Waals surface area contributed by atoms with Crippen molar-refractivity contribution in [1.29, 1.82) is 0 Å². The van der Waals surface area contributed by atoms with Gasteiger partial charge in [0.1, 0.15) is 0 Å². The van der Waals surface area contributed by atoms with Crippen LogP contribution < -0.4 is 5.63 Å². The molecule has 76 valence electrons. The van der Waals surface area contributed by atoms with Crippen LogP contribution in [0.15, 0.2) is 15.4 Å². The largest absolute Gasteiger partial charge is 0.358 e. The molecule has 1 saturated carbocycles. The van der Waals surface area contributed by atoms with Crippen LogP contribution in [0.25, 0.3) is 0 Å². The molecule has 2 rings (SSSR count). The Morgan fingerprint density at radius 1 is 1.57 bits per heavy atom. The lowest BCUT2D eigenvalue weighted by Gasteiger charge is -2.05. The SMILES string of the molecule is CC(C)c1cc(=O)on1C(=O)C1CC1. The highest BCUT2D eigenvalue weighted by molar-refractivity contribution is 5.82. The first-order chi connectivity index (χ1) is 6.59. The molecule has 4 nitrogen and oxygen atoms in total. The number of carbonyl (C=O) groups excluding carboxylic acids is 1. The van der Waals surface area contributed by atoms with Crippen LogP contribution in [0, 0.1) is 5.92 Å². The molecular weight excluding hydrogens is 182 g/mol. The van der Waals surface area contributed by atoms with Gasteiger partial charge < -0.3 is 4.52 Å². The van der Waals surface area contributed by atoms with E-state index >= 15 is 0 Å². The Balaban J connectivity index is 2.39. The first-order valence-corrected chi connectivity index (χ1v) is 4.87. The summed E-state index contributed by atoms with van der Waals surface area (Å²) in [6.45, 7) is 3.86. The number of nitrogens with zero attached hydrogens (tertiary/aromatic N) is 1. The third kappa shape index (κ3) is 1.52. The summed E-state index contributed by atoms with van der Waals surface area (Å²) in [7, 11) is 0. The van der Waals surface area contributed by atoms with Crippen molar-refractivity contribution in [3.05, 3.63) is 22.2 Å². The number of carbonyl (C=O) groups is 1. The van der Waals surface area contributed by atoms with Crippen molar-refractivity contribution < 1.29 is 9.32 Å². The summed E-state index contributed by atoms with van der Waals surface area (Å²) in [5.41, 5.74) is 0.231. The van der Waals surface area contributed by atoms with Crippen LogP contribution in [-0.4, -0.2) is 10.6 Å². The smallest absolute Gasteiger partial charge is 0.329 e. The molecule has 1 aromatic heterocycles. The van der Waals surface area contributed by atoms with Crippen LogP contribution in [0.1, 0.15) is 43.1 Å². The Labute approximate surface area is 81.5 Å². The zero-order valence-electron chi connectivity index (χ0n) is 8.32. The van der Waals surface area contributed by atoms with E-state index in [0.29, 0.717) is 5.69 Å². The third-order valence-electron chi connectivity index (χ3n) is 2.40. The number of hydrogen-bond donors (Lipinski definition) is 0. The van der Waals surface area contributed by atoms with Crippen molar-refractivity contribution in [1.82, 2.24) is 4.74 Å². The van der Waals surface area contributed by atoms with E-state index in [0.717, 1.165) is 12.8 Å². The maximum atomic E-state index is 11.7. The third-order valence-corrected chi connectivity index (χ3v) is 2.40. The van der Waals surface area contributed by atoms with Crippen molar-refractivity contribution in [3.8, 4) is 0 Å². The van der Waals surface area contributed by atoms with Gasteiger partial charge in [-0.3, -0.25) is 4.79 Å². The van der Waals surface area contributed by atoms with Crippen LogP contribution in [0.4, 0.5) is 0 Å². The minimum absolute atomic E-state index is 0.0723. The molecule has 0 N–H and O–H groups in total. The molecule has 0 spiro atoms. The zero-order chi connectivity index (χ0) is 10.3. The van der Waals surface area contributed by atoms with Crippen LogP contribution in [0.3, 0.4) is 0 Å². The van der Waals surface area contributed by atoms with E-state index in [2.05, 4.69) is 0 Å². The van der Waals surface area contributed by atoms with E-state index in [4.69, 9.17) is 4.52 Å². The topological polar surface area (TPSA) is 52.2 Å². The summed E-state index contributed by atoms with van der Waals surface area (Å²) in [6, 6.07) is 1.39. The van der Waals surface area contributed by atoms with Gasteiger partial charge in [-0.25, -0.2) is 4.79 Å². The average Bonchev–Trinajstić information content (AvgIpc) is 2.87. The lowest BCUT2D eigenvalue weighted by Crippen LogP contribution is -2.15. The molecule has 1 aromatic rings. The summed E-state index contributed by atoms with van der Waals surface area (Å²) in [5, 5.41) is 0. The molecule has 0 aliphatic heterocycles. The van der Waals surface area contributed by atoms with Gasteiger partial charge in [0.2, 0.25) is 0 Å². The molecule has 0 unspecified atom stereocenters. The van der Waals surface area contributed by atoms with E-state index in [1.54, 1.807) is 0 Å². The van der Waals surface area contributed by atoms with Gasteiger partial charge in [-0.2, -0.15) is 0 Å². The lowest BCUT2D eigenvalue weighted by atomic mass is 10.1. The molecule has 0 bridgehead atoms. The first kappa shape index (κ1) is 9.24. The van der Waals surface area contributed by atoms with E-state index in [1.807, 2.05) is 13.8 Å². The van der Waals surface area contributed by atoms with Gasteiger partial charge in [0.05, 0.1) is 5.69 Å². The van der Waals surface area contributed by atoms with Crippen molar-refractivity contribution in [2.75, 3.05) is 0 Å². The van der Waals surface area contributed by atoms with Gasteiger partial charge in [-0.15, -0.1) is 4.74 Å². The lowest BCUT2D eigenvalue weighted by molar-refractivity contribution is 0.0747. The Morgan fingerprint density at radius 2 is 2.21 bits per heavy atom. The Morgan fingerprint density at radius 3 is 2.71 bits per heavy atom. The predicted molar refractivity (Wildman–Crippen MR) is 50.4 cm³/mol. The predicted octanol–water partition coefficient (Wildman–Crippen LogP) is 1.61. The maximum absolute atomic E-state index is 11.7. The summed E-state index contributed by atoms with van der Waals surface area (Å²) in [4.78, 5) is 22.7. The summed E-state index contributed by atoms with van der Waals surface area (Å²) >= 11 is 0. The van der Waals surface area contributed by atoms with Crippen LogP contribution in [0.5, 0.6) is 0 Å². The normalized spacial score (nSPS) is 16.2. The maximum Gasteiger partial charge on any atom is 0.358 e. The minimum atomic E-state index is -0.442. The van der Waals surface area contributed by atoms with Gasteiger partial charge in [-0.05, 0) is 18.8 Å². The molecule has 1 fully saturated rings. The first-order valence-electron chi connectivity index (χ1n) is 4.87. The van der Waals surface area contributed by atoms with E-state index < -0.39 is 5.63 Å². The summed E-state index contributed by atoms with van der Waals surface area (Å²) in [6.07, 6.45) is 1.83. The average molecular weight is 195 g/mol. The molecule has 1 aliphatic carbocycles. The highest BCUT2D eigenvalue weighted by Gasteiger charge is 2.33. The van der Waals surface area contributed by atoms with Crippen molar-refractivity contribution in [2.45, 2.75) is 32.6 Å². The van der Waals surface area contributed by atoms with Crippen molar-refractivity contribution in [3.63, 3.8) is 0 Å². The van der Waals surface area contributed by atoms with Gasteiger partial charge in [0.15, 0.2) is 0 Å². The molecule has 4 heteroatoms. The highest BCUT2D eigenvalue weighted by atomic mass is 16.5. The van der Waals surface area contributed by atoms with Crippen LogP contribution in [0.2, 0.25) is 0 Å². The quantitative estimate of drug-likeness (QED) is 0.720. The van der Waals surface area contributed by atoms with Crippen LogP contribution >= 0.6 is 0 Å². The molecule has 1 aliphatic rings. The molecule has 0 saturated heterocycles. The molecule has 0 aromatic carbocycles. The van der Waals surface area contributed by atoms with E-state index in [-0.39, 0.29) is 17.7 Å². The van der Waals surface area contributed by atoms with Crippen molar-refractivity contribution >= 4 is 5.91 Å². The van der Waals surface area contributed by atoms with E-state index in [9.17, 15) is 9.59 Å². The number of aromatic nitrogens is 1. The van der Waals surface area contributed by atoms with Gasteiger partial charge >= 0.3 is 5.63 Å². The number of hydrogen-bond acceptors (Lipinski definition) is 3. The molecule has 0 amide bonds. The zero-order valence-corrected chi connectivity index (χ0v) is 8.32. The fourth-order valence-electron chi connectivity index (χ4n) is 1.42. The molecule has 0 atom stereocenters. The van der Waals surface area contributed by atoms with Gasteiger partial charge in [-0.1, -0.05) is 13.8 Å². The molecule has 14 heavy (non-hydrogen) atoms. The van der Waals surface area contributed by atoms with E-state index in [1.165, 1.54) is 10.8 Å². The summed E-state index contributed by atoms with van der Waals surface area (Å²) < 4.78 is 6.02. The van der Waals surface area contributed by atoms with Gasteiger partial charge in [0.25, 0.3) is 5.91 Å². The number of rotatable bonds is 2. The Bertz CT molecular complexity index is 409.